The van der Waals surface area contributed by atoms with Crippen LogP contribution in [-0.4, -0.2) is 30.8 Å². The number of carbonyl (C=O) groups is 1. The fourth-order valence-electron chi connectivity index (χ4n) is 1.84. The van der Waals surface area contributed by atoms with E-state index in [1.54, 1.807) is 0 Å². The maximum Gasteiger partial charge on any atom is 0.312 e. The topological polar surface area (TPSA) is 81.8 Å². The minimum Gasteiger partial charge on any atom is -0.493 e. The van der Waals surface area contributed by atoms with Gasteiger partial charge in [0, 0.05) is 18.2 Å². The van der Waals surface area contributed by atoms with Crippen molar-refractivity contribution in [3.05, 3.63) is 23.5 Å². The van der Waals surface area contributed by atoms with Crippen molar-refractivity contribution in [1.29, 1.82) is 0 Å². The number of methoxy groups -OCH3 is 1. The lowest BCUT2D eigenvalue weighted by Gasteiger charge is -2.18. The molecular formula is C13H16FNO4. The number of hydrogen-bond donors (Lipinski definition) is 2. The van der Waals surface area contributed by atoms with Crippen molar-refractivity contribution in [3.8, 4) is 11.5 Å². The molecule has 1 aliphatic carbocycles. The molecule has 1 aromatic carbocycles. The van der Waals surface area contributed by atoms with Gasteiger partial charge in [-0.2, -0.15) is 0 Å². The Balaban J connectivity index is 2.48. The van der Waals surface area contributed by atoms with Crippen molar-refractivity contribution in [2.75, 3.05) is 13.7 Å². The van der Waals surface area contributed by atoms with Crippen LogP contribution in [0.3, 0.4) is 0 Å². The Morgan fingerprint density at radius 3 is 2.74 bits per heavy atom. The van der Waals surface area contributed by atoms with Gasteiger partial charge >= 0.3 is 5.97 Å². The van der Waals surface area contributed by atoms with E-state index >= 15 is 0 Å². The van der Waals surface area contributed by atoms with Crippen LogP contribution in [0.5, 0.6) is 11.5 Å². The molecule has 1 atom stereocenters. The van der Waals surface area contributed by atoms with E-state index in [4.69, 9.17) is 20.3 Å². The first-order valence-electron chi connectivity index (χ1n) is 6.03. The van der Waals surface area contributed by atoms with E-state index in [1.165, 1.54) is 13.2 Å². The molecule has 1 fully saturated rings. The predicted octanol–water partition coefficient (Wildman–Crippen LogP) is 1.50. The largest absolute Gasteiger partial charge is 0.493 e. The van der Waals surface area contributed by atoms with Crippen LogP contribution in [0.25, 0.3) is 0 Å². The minimum atomic E-state index is -1.11. The minimum absolute atomic E-state index is 0.0466. The zero-order valence-electron chi connectivity index (χ0n) is 10.6. The summed E-state index contributed by atoms with van der Waals surface area (Å²) in [6.07, 6.45) is 1.85. The highest BCUT2D eigenvalue weighted by atomic mass is 19.1. The van der Waals surface area contributed by atoms with Crippen LogP contribution < -0.4 is 15.2 Å². The first kappa shape index (κ1) is 13.6. The van der Waals surface area contributed by atoms with E-state index < -0.39 is 17.7 Å². The zero-order valence-corrected chi connectivity index (χ0v) is 10.6. The Labute approximate surface area is 110 Å². The SMILES string of the molecule is COc1cc(F)cc(C(CN)C(=O)O)c1OC1CC1. The van der Waals surface area contributed by atoms with Gasteiger partial charge in [-0.3, -0.25) is 4.79 Å². The number of nitrogens with two attached hydrogens (primary N) is 1. The number of benzene rings is 1. The maximum atomic E-state index is 13.5. The molecule has 0 spiro atoms. The van der Waals surface area contributed by atoms with Gasteiger partial charge in [0.25, 0.3) is 0 Å². The van der Waals surface area contributed by atoms with Crippen molar-refractivity contribution < 1.29 is 23.8 Å². The van der Waals surface area contributed by atoms with Crippen molar-refractivity contribution in [2.24, 2.45) is 5.73 Å². The molecule has 1 aliphatic rings. The van der Waals surface area contributed by atoms with Crippen LogP contribution in [0, 0.1) is 5.82 Å². The Morgan fingerprint density at radius 1 is 1.58 bits per heavy atom. The standard InChI is InChI=1S/C13H16FNO4/c1-18-11-5-7(14)4-9(10(6-15)13(16)17)12(11)19-8-2-3-8/h4-5,8,10H,2-3,6,15H2,1H3,(H,16,17). The molecule has 1 saturated carbocycles. The van der Waals surface area contributed by atoms with Gasteiger partial charge in [0.15, 0.2) is 11.5 Å². The average Bonchev–Trinajstić information content (AvgIpc) is 3.16. The van der Waals surface area contributed by atoms with Gasteiger partial charge < -0.3 is 20.3 Å². The number of halogens is 1. The third-order valence-electron chi connectivity index (χ3n) is 2.99. The van der Waals surface area contributed by atoms with Gasteiger partial charge in [-0.05, 0) is 18.9 Å². The molecule has 19 heavy (non-hydrogen) atoms. The van der Waals surface area contributed by atoms with E-state index in [1.807, 2.05) is 0 Å². The smallest absolute Gasteiger partial charge is 0.312 e. The summed E-state index contributed by atoms with van der Waals surface area (Å²) >= 11 is 0. The fraction of sp³-hybridized carbons (Fsp3) is 0.462. The summed E-state index contributed by atoms with van der Waals surface area (Å²) in [5, 5.41) is 9.16. The van der Waals surface area contributed by atoms with Crippen molar-refractivity contribution in [2.45, 2.75) is 24.9 Å². The molecular weight excluding hydrogens is 253 g/mol. The van der Waals surface area contributed by atoms with Gasteiger partial charge in [-0.1, -0.05) is 0 Å². The summed E-state index contributed by atoms with van der Waals surface area (Å²) < 4.78 is 24.3. The molecule has 0 bridgehead atoms. The van der Waals surface area contributed by atoms with Crippen LogP contribution >= 0.6 is 0 Å². The zero-order chi connectivity index (χ0) is 14.0. The van der Waals surface area contributed by atoms with Gasteiger partial charge in [-0.15, -0.1) is 0 Å². The lowest BCUT2D eigenvalue weighted by molar-refractivity contribution is -0.138. The summed E-state index contributed by atoms with van der Waals surface area (Å²) in [4.78, 5) is 11.2. The highest BCUT2D eigenvalue weighted by molar-refractivity contribution is 5.78. The predicted molar refractivity (Wildman–Crippen MR) is 66.0 cm³/mol. The third kappa shape index (κ3) is 2.96. The highest BCUT2D eigenvalue weighted by Crippen LogP contribution is 2.40. The molecule has 104 valence electrons. The first-order chi connectivity index (χ1) is 9.06. The summed E-state index contributed by atoms with van der Waals surface area (Å²) in [7, 11) is 1.39. The second-order valence-corrected chi connectivity index (χ2v) is 4.47. The lowest BCUT2D eigenvalue weighted by atomic mass is 9.97. The molecule has 0 saturated heterocycles. The Hall–Kier alpha value is -1.82. The van der Waals surface area contributed by atoms with E-state index in [0.29, 0.717) is 0 Å². The van der Waals surface area contributed by atoms with E-state index in [2.05, 4.69) is 0 Å². The van der Waals surface area contributed by atoms with Crippen LogP contribution in [-0.2, 0) is 4.79 Å². The molecule has 1 aromatic rings. The molecule has 0 amide bonds. The van der Waals surface area contributed by atoms with Crippen LogP contribution in [0.15, 0.2) is 12.1 Å². The fourth-order valence-corrected chi connectivity index (χ4v) is 1.84. The second kappa shape index (κ2) is 5.44. The number of hydrogen-bond acceptors (Lipinski definition) is 4. The number of aliphatic carboxylic acids is 1. The summed E-state index contributed by atoms with van der Waals surface area (Å²) in [6.45, 7) is -0.136. The highest BCUT2D eigenvalue weighted by Gasteiger charge is 2.30. The molecule has 6 heteroatoms. The van der Waals surface area contributed by atoms with Crippen molar-refractivity contribution in [3.63, 3.8) is 0 Å². The molecule has 0 heterocycles. The first-order valence-corrected chi connectivity index (χ1v) is 6.03. The molecule has 2 rings (SSSR count). The van der Waals surface area contributed by atoms with Crippen molar-refractivity contribution >= 4 is 5.97 Å². The Morgan fingerprint density at radius 2 is 2.26 bits per heavy atom. The van der Waals surface area contributed by atoms with Gasteiger partial charge in [0.05, 0.1) is 19.1 Å². The Kier molecular flexibility index (Phi) is 3.90. The lowest BCUT2D eigenvalue weighted by Crippen LogP contribution is -2.22. The van der Waals surface area contributed by atoms with Crippen molar-refractivity contribution in [1.82, 2.24) is 0 Å². The summed E-state index contributed by atoms with van der Waals surface area (Å²) in [5.74, 6) is -2.23. The molecule has 5 nitrogen and oxygen atoms in total. The molecule has 1 unspecified atom stereocenters. The normalized spacial score (nSPS) is 15.9. The second-order valence-electron chi connectivity index (χ2n) is 4.47. The number of rotatable bonds is 6. The van der Waals surface area contributed by atoms with E-state index in [9.17, 15) is 9.18 Å². The number of carboxylic acid groups (broad SMARTS) is 1. The molecule has 3 N–H and O–H groups in total. The quantitative estimate of drug-likeness (QED) is 0.818. The van der Waals surface area contributed by atoms with Gasteiger partial charge in [0.2, 0.25) is 0 Å². The average molecular weight is 269 g/mol. The van der Waals surface area contributed by atoms with Gasteiger partial charge in [0.1, 0.15) is 5.82 Å². The Bertz CT molecular complexity index is 488. The van der Waals surface area contributed by atoms with E-state index in [0.717, 1.165) is 18.9 Å². The van der Waals surface area contributed by atoms with Crippen LogP contribution in [0.4, 0.5) is 4.39 Å². The molecule has 0 radical (unpaired) electrons. The number of ether oxygens (including phenoxy) is 2. The van der Waals surface area contributed by atoms with Crippen LogP contribution in [0.1, 0.15) is 24.3 Å². The molecule has 0 aromatic heterocycles. The molecule has 0 aliphatic heterocycles. The maximum absolute atomic E-state index is 13.5. The summed E-state index contributed by atoms with van der Waals surface area (Å²) in [6, 6.07) is 2.32. The number of carboxylic acids is 1. The van der Waals surface area contributed by atoms with Crippen LogP contribution in [0.2, 0.25) is 0 Å². The summed E-state index contributed by atoms with van der Waals surface area (Å²) in [5.41, 5.74) is 5.68. The van der Waals surface area contributed by atoms with Gasteiger partial charge in [-0.25, -0.2) is 4.39 Å². The third-order valence-corrected chi connectivity index (χ3v) is 2.99. The monoisotopic (exact) mass is 269 g/mol. The van der Waals surface area contributed by atoms with E-state index in [-0.39, 0.29) is 29.7 Å².